The van der Waals surface area contributed by atoms with Gasteiger partial charge >= 0.3 is 0 Å². The van der Waals surface area contributed by atoms with E-state index in [0.29, 0.717) is 29.5 Å². The molecule has 6 heteroatoms. The second-order valence-electron chi connectivity index (χ2n) is 5.46. The summed E-state index contributed by atoms with van der Waals surface area (Å²) < 4.78 is 7.22. The second kappa shape index (κ2) is 7.00. The van der Waals surface area contributed by atoms with Crippen LogP contribution in [0.1, 0.15) is 34.9 Å². The Labute approximate surface area is 139 Å². The number of ketones is 1. The molecule has 3 rings (SSSR count). The second-order valence-corrected chi connectivity index (χ2v) is 6.40. The summed E-state index contributed by atoms with van der Waals surface area (Å²) in [6.45, 7) is 4.47. The molecule has 0 spiro atoms. The summed E-state index contributed by atoms with van der Waals surface area (Å²) in [6, 6.07) is 7.21. The van der Waals surface area contributed by atoms with Crippen LogP contribution in [-0.2, 0) is 6.54 Å². The van der Waals surface area contributed by atoms with Gasteiger partial charge in [0.15, 0.2) is 10.9 Å². The number of thioether (sulfide) groups is 1. The van der Waals surface area contributed by atoms with Crippen molar-refractivity contribution in [2.24, 2.45) is 0 Å². The first-order valence-corrected chi connectivity index (χ1v) is 8.55. The SMILES string of the molecule is C=CCn1c(SCC(=O)c2cccc(OC)c2)nnc1C1CC1. The maximum atomic E-state index is 12.4. The van der Waals surface area contributed by atoms with Crippen LogP contribution in [0.3, 0.4) is 0 Å². The van der Waals surface area contributed by atoms with Crippen molar-refractivity contribution in [3.8, 4) is 5.75 Å². The number of ether oxygens (including phenoxy) is 1. The van der Waals surface area contributed by atoms with Crippen LogP contribution in [0.4, 0.5) is 0 Å². The lowest BCUT2D eigenvalue weighted by atomic mass is 10.1. The van der Waals surface area contributed by atoms with Gasteiger partial charge in [0.1, 0.15) is 11.6 Å². The van der Waals surface area contributed by atoms with Gasteiger partial charge in [-0.1, -0.05) is 30.0 Å². The summed E-state index contributed by atoms with van der Waals surface area (Å²) in [7, 11) is 1.59. The molecule has 1 fully saturated rings. The highest BCUT2D eigenvalue weighted by Crippen LogP contribution is 2.40. The van der Waals surface area contributed by atoms with Gasteiger partial charge in [0.25, 0.3) is 0 Å². The molecule has 0 saturated heterocycles. The molecule has 120 valence electrons. The van der Waals surface area contributed by atoms with Gasteiger partial charge in [-0.05, 0) is 25.0 Å². The molecule has 0 aliphatic heterocycles. The van der Waals surface area contributed by atoms with Crippen LogP contribution in [0, 0.1) is 0 Å². The average molecular weight is 329 g/mol. The molecule has 0 radical (unpaired) electrons. The van der Waals surface area contributed by atoms with Crippen molar-refractivity contribution < 1.29 is 9.53 Å². The summed E-state index contributed by atoms with van der Waals surface area (Å²) in [6.07, 6.45) is 4.18. The lowest BCUT2D eigenvalue weighted by Gasteiger charge is -2.07. The predicted molar refractivity (Wildman–Crippen MR) is 90.2 cm³/mol. The fraction of sp³-hybridized carbons (Fsp3) is 0.353. The molecule has 5 nitrogen and oxygen atoms in total. The van der Waals surface area contributed by atoms with Crippen LogP contribution in [-0.4, -0.2) is 33.4 Å². The third-order valence-corrected chi connectivity index (χ3v) is 4.69. The van der Waals surface area contributed by atoms with E-state index in [2.05, 4.69) is 21.3 Å². The van der Waals surface area contributed by atoms with Crippen molar-refractivity contribution in [1.82, 2.24) is 14.8 Å². The minimum Gasteiger partial charge on any atom is -0.497 e. The molecule has 0 unspecified atom stereocenters. The number of hydrogen-bond acceptors (Lipinski definition) is 5. The predicted octanol–water partition coefficient (Wildman–Crippen LogP) is 3.33. The number of Topliss-reactive ketones (excluding diaryl/α,β-unsaturated/α-hetero) is 1. The zero-order chi connectivity index (χ0) is 16.2. The smallest absolute Gasteiger partial charge is 0.191 e. The highest BCUT2D eigenvalue weighted by Gasteiger charge is 2.30. The van der Waals surface area contributed by atoms with Gasteiger partial charge in [-0.15, -0.1) is 16.8 Å². The molecule has 0 atom stereocenters. The molecule has 0 bridgehead atoms. The van der Waals surface area contributed by atoms with E-state index in [1.807, 2.05) is 18.2 Å². The molecule has 1 aromatic heterocycles. The Bertz CT molecular complexity index is 722. The van der Waals surface area contributed by atoms with E-state index in [0.717, 1.165) is 11.0 Å². The molecule has 23 heavy (non-hydrogen) atoms. The van der Waals surface area contributed by atoms with Crippen LogP contribution in [0.2, 0.25) is 0 Å². The van der Waals surface area contributed by atoms with E-state index in [1.54, 1.807) is 19.2 Å². The van der Waals surface area contributed by atoms with E-state index in [4.69, 9.17) is 4.74 Å². The number of hydrogen-bond donors (Lipinski definition) is 0. The van der Waals surface area contributed by atoms with Crippen LogP contribution in [0.5, 0.6) is 5.75 Å². The first-order chi connectivity index (χ1) is 11.2. The molecule has 0 N–H and O–H groups in total. The van der Waals surface area contributed by atoms with Crippen molar-refractivity contribution in [3.63, 3.8) is 0 Å². The maximum Gasteiger partial charge on any atom is 0.191 e. The van der Waals surface area contributed by atoms with Gasteiger partial charge < -0.3 is 9.30 Å². The Morgan fingerprint density at radius 1 is 1.48 bits per heavy atom. The molecule has 2 aromatic rings. The van der Waals surface area contributed by atoms with Gasteiger partial charge in [0, 0.05) is 18.0 Å². The Hall–Kier alpha value is -2.08. The minimum absolute atomic E-state index is 0.0509. The number of nitrogens with zero attached hydrogens (tertiary/aromatic N) is 3. The maximum absolute atomic E-state index is 12.4. The number of carbonyl (C=O) groups is 1. The first kappa shape index (κ1) is 15.8. The summed E-state index contributed by atoms with van der Waals surface area (Å²) in [5.41, 5.74) is 0.647. The number of rotatable bonds is 8. The van der Waals surface area contributed by atoms with Gasteiger partial charge in [-0.2, -0.15) is 0 Å². The quantitative estimate of drug-likeness (QED) is 0.422. The first-order valence-electron chi connectivity index (χ1n) is 7.57. The molecular weight excluding hydrogens is 310 g/mol. The zero-order valence-corrected chi connectivity index (χ0v) is 13.9. The number of aromatic nitrogens is 3. The van der Waals surface area contributed by atoms with Crippen molar-refractivity contribution in [2.45, 2.75) is 30.5 Å². The molecule has 0 amide bonds. The largest absolute Gasteiger partial charge is 0.497 e. The number of benzene rings is 1. The van der Waals surface area contributed by atoms with Gasteiger partial charge in [0.05, 0.1) is 12.9 Å². The average Bonchev–Trinajstić information content (AvgIpc) is 3.35. The van der Waals surface area contributed by atoms with E-state index >= 15 is 0 Å². The Morgan fingerprint density at radius 2 is 2.30 bits per heavy atom. The van der Waals surface area contributed by atoms with E-state index < -0.39 is 0 Å². The fourth-order valence-corrected chi connectivity index (χ4v) is 3.21. The molecule has 1 aliphatic carbocycles. The summed E-state index contributed by atoms with van der Waals surface area (Å²) in [4.78, 5) is 12.4. The third kappa shape index (κ3) is 3.64. The zero-order valence-electron chi connectivity index (χ0n) is 13.1. The van der Waals surface area contributed by atoms with Crippen molar-refractivity contribution >= 4 is 17.5 Å². The number of methoxy groups -OCH3 is 1. The van der Waals surface area contributed by atoms with Crippen LogP contribution < -0.4 is 4.74 Å². The van der Waals surface area contributed by atoms with Gasteiger partial charge in [0.2, 0.25) is 0 Å². The topological polar surface area (TPSA) is 57.0 Å². The van der Waals surface area contributed by atoms with Gasteiger partial charge in [-0.25, -0.2) is 0 Å². The highest BCUT2D eigenvalue weighted by molar-refractivity contribution is 7.99. The lowest BCUT2D eigenvalue weighted by molar-refractivity contribution is 0.102. The Balaban J connectivity index is 1.70. The molecule has 1 aromatic carbocycles. The highest BCUT2D eigenvalue weighted by atomic mass is 32.2. The van der Waals surface area contributed by atoms with Crippen molar-refractivity contribution in [3.05, 3.63) is 48.3 Å². The van der Waals surface area contributed by atoms with Gasteiger partial charge in [-0.3, -0.25) is 4.79 Å². The summed E-state index contributed by atoms with van der Waals surface area (Å²) >= 11 is 1.42. The molecule has 1 heterocycles. The van der Waals surface area contributed by atoms with Crippen molar-refractivity contribution in [1.29, 1.82) is 0 Å². The van der Waals surface area contributed by atoms with Crippen LogP contribution >= 0.6 is 11.8 Å². The van der Waals surface area contributed by atoms with E-state index in [-0.39, 0.29) is 5.78 Å². The molecular formula is C17H19N3O2S. The summed E-state index contributed by atoms with van der Waals surface area (Å²) in [5, 5.41) is 9.32. The monoisotopic (exact) mass is 329 g/mol. The third-order valence-electron chi connectivity index (χ3n) is 3.72. The Kier molecular flexibility index (Phi) is 4.81. The lowest BCUT2D eigenvalue weighted by Crippen LogP contribution is -2.06. The molecule has 1 aliphatic rings. The van der Waals surface area contributed by atoms with Crippen LogP contribution in [0.25, 0.3) is 0 Å². The minimum atomic E-state index is 0.0509. The van der Waals surface area contributed by atoms with E-state index in [1.165, 1.54) is 24.6 Å². The number of carbonyl (C=O) groups excluding carboxylic acids is 1. The van der Waals surface area contributed by atoms with E-state index in [9.17, 15) is 4.79 Å². The Morgan fingerprint density at radius 3 is 3.00 bits per heavy atom. The normalized spacial score (nSPS) is 13.8. The van der Waals surface area contributed by atoms with Crippen LogP contribution in [0.15, 0.2) is 42.1 Å². The van der Waals surface area contributed by atoms with Crippen molar-refractivity contribution in [2.75, 3.05) is 12.9 Å². The fourth-order valence-electron chi connectivity index (χ4n) is 2.36. The number of allylic oxidation sites excluding steroid dienone is 1. The molecule has 1 saturated carbocycles. The standard InChI is InChI=1S/C17H19N3O2S/c1-3-9-20-16(12-7-8-12)18-19-17(20)23-11-15(21)13-5-4-6-14(10-13)22-2/h3-6,10,12H,1,7-9,11H2,2H3. The summed E-state index contributed by atoms with van der Waals surface area (Å²) in [5.74, 6) is 2.60.